The van der Waals surface area contributed by atoms with Gasteiger partial charge in [0.25, 0.3) is 0 Å². The Morgan fingerprint density at radius 3 is 2.72 bits per heavy atom. The quantitative estimate of drug-likeness (QED) is 0.837. The van der Waals surface area contributed by atoms with Crippen molar-refractivity contribution in [1.29, 1.82) is 0 Å². The number of nitrogens with zero attached hydrogens (tertiary/aromatic N) is 1. The Bertz CT molecular complexity index is 274. The second-order valence-electron chi connectivity index (χ2n) is 6.00. The van der Waals surface area contributed by atoms with Crippen molar-refractivity contribution in [2.24, 2.45) is 5.73 Å². The maximum Gasteiger partial charge on any atom is 0.410 e. The van der Waals surface area contributed by atoms with E-state index < -0.39 is 5.60 Å². The molecule has 1 aliphatic rings. The monoisotopic (exact) mass is 258 g/mol. The second-order valence-corrected chi connectivity index (χ2v) is 6.00. The molecule has 1 amide bonds. The lowest BCUT2D eigenvalue weighted by molar-refractivity contribution is -0.0223. The number of hydrogen-bond acceptors (Lipinski definition) is 4. The van der Waals surface area contributed by atoms with E-state index in [0.29, 0.717) is 13.2 Å². The van der Waals surface area contributed by atoms with Crippen LogP contribution in [0.5, 0.6) is 0 Å². The number of rotatable bonds is 3. The zero-order valence-corrected chi connectivity index (χ0v) is 11.9. The third kappa shape index (κ3) is 5.69. The van der Waals surface area contributed by atoms with Gasteiger partial charge in [0.05, 0.1) is 19.3 Å². The van der Waals surface area contributed by atoms with Gasteiger partial charge in [0, 0.05) is 12.6 Å². The molecular formula is C13H26N2O3. The summed E-state index contributed by atoms with van der Waals surface area (Å²) in [6.45, 7) is 9.41. The summed E-state index contributed by atoms with van der Waals surface area (Å²) in [5, 5.41) is 0. The molecule has 18 heavy (non-hydrogen) atoms. The Kier molecular flexibility index (Phi) is 5.41. The molecule has 0 aliphatic carbocycles. The van der Waals surface area contributed by atoms with Crippen molar-refractivity contribution >= 4 is 6.09 Å². The van der Waals surface area contributed by atoms with Gasteiger partial charge in [-0.1, -0.05) is 0 Å². The fourth-order valence-corrected chi connectivity index (χ4v) is 1.85. The summed E-state index contributed by atoms with van der Waals surface area (Å²) in [5.74, 6) is 0. The van der Waals surface area contributed by atoms with Crippen LogP contribution in [0.25, 0.3) is 0 Å². The van der Waals surface area contributed by atoms with E-state index in [-0.39, 0.29) is 18.2 Å². The first-order valence-corrected chi connectivity index (χ1v) is 6.63. The molecule has 0 aromatic heterocycles. The number of nitrogens with two attached hydrogens (primary N) is 1. The highest BCUT2D eigenvalue weighted by Crippen LogP contribution is 2.17. The number of likely N-dealkylation sites (tertiary alicyclic amines) is 1. The largest absolute Gasteiger partial charge is 0.444 e. The highest BCUT2D eigenvalue weighted by Gasteiger charge is 2.27. The van der Waals surface area contributed by atoms with Crippen LogP contribution < -0.4 is 5.73 Å². The number of carbonyl (C=O) groups is 1. The Morgan fingerprint density at radius 2 is 2.17 bits per heavy atom. The van der Waals surface area contributed by atoms with Crippen LogP contribution in [0.2, 0.25) is 0 Å². The Morgan fingerprint density at radius 1 is 1.50 bits per heavy atom. The Hall–Kier alpha value is -0.810. The topological polar surface area (TPSA) is 64.8 Å². The molecule has 1 rings (SSSR count). The van der Waals surface area contributed by atoms with E-state index in [4.69, 9.17) is 15.2 Å². The molecule has 1 aliphatic heterocycles. The first-order chi connectivity index (χ1) is 8.28. The Balaban J connectivity index is 2.40. The molecular weight excluding hydrogens is 232 g/mol. The summed E-state index contributed by atoms with van der Waals surface area (Å²) in [7, 11) is 0. The van der Waals surface area contributed by atoms with E-state index in [9.17, 15) is 4.79 Å². The van der Waals surface area contributed by atoms with E-state index >= 15 is 0 Å². The molecule has 1 fully saturated rings. The van der Waals surface area contributed by atoms with Gasteiger partial charge in [-0.15, -0.1) is 0 Å². The van der Waals surface area contributed by atoms with Gasteiger partial charge in [-0.3, -0.25) is 0 Å². The van der Waals surface area contributed by atoms with Crippen LogP contribution >= 0.6 is 0 Å². The van der Waals surface area contributed by atoms with E-state index in [1.165, 1.54) is 0 Å². The van der Waals surface area contributed by atoms with Crippen molar-refractivity contribution in [1.82, 2.24) is 4.90 Å². The normalized spacial score (nSPS) is 22.7. The van der Waals surface area contributed by atoms with Gasteiger partial charge in [0.15, 0.2) is 0 Å². The molecule has 5 nitrogen and oxygen atoms in total. The molecule has 2 N–H and O–H groups in total. The summed E-state index contributed by atoms with van der Waals surface area (Å²) < 4.78 is 11.0. The smallest absolute Gasteiger partial charge is 0.410 e. The first-order valence-electron chi connectivity index (χ1n) is 6.63. The molecule has 0 radical (unpaired) electrons. The minimum Gasteiger partial charge on any atom is -0.444 e. The summed E-state index contributed by atoms with van der Waals surface area (Å²) >= 11 is 0. The van der Waals surface area contributed by atoms with Gasteiger partial charge in [0.1, 0.15) is 5.60 Å². The maximum absolute atomic E-state index is 11.9. The van der Waals surface area contributed by atoms with Crippen molar-refractivity contribution in [3.8, 4) is 0 Å². The number of hydrogen-bond donors (Lipinski definition) is 1. The second kappa shape index (κ2) is 6.38. The first kappa shape index (κ1) is 15.2. The lowest BCUT2D eigenvalue weighted by atomic mass is 10.1. The average molecular weight is 258 g/mol. The predicted octanol–water partition coefficient (Wildman–Crippen LogP) is 1.75. The highest BCUT2D eigenvalue weighted by molar-refractivity contribution is 5.68. The summed E-state index contributed by atoms with van der Waals surface area (Å²) in [6.07, 6.45) is 1.75. The van der Waals surface area contributed by atoms with Crippen LogP contribution in [0.1, 0.15) is 40.5 Å². The minimum absolute atomic E-state index is 0.0295. The van der Waals surface area contributed by atoms with E-state index in [1.807, 2.05) is 27.7 Å². The summed E-state index contributed by atoms with van der Waals surface area (Å²) in [5.41, 5.74) is 5.21. The SMILES string of the molecule is CC(N)COC1CCCN(C(=O)OC(C)(C)C)C1. The molecule has 0 bridgehead atoms. The van der Waals surface area contributed by atoms with Crippen LogP contribution in [0, 0.1) is 0 Å². The van der Waals surface area contributed by atoms with Gasteiger partial charge in [-0.05, 0) is 40.5 Å². The maximum atomic E-state index is 11.9. The van der Waals surface area contributed by atoms with Crippen molar-refractivity contribution in [2.75, 3.05) is 19.7 Å². The zero-order chi connectivity index (χ0) is 13.8. The van der Waals surface area contributed by atoms with Crippen LogP contribution in [0.3, 0.4) is 0 Å². The van der Waals surface area contributed by atoms with Gasteiger partial charge in [0.2, 0.25) is 0 Å². The van der Waals surface area contributed by atoms with Crippen LogP contribution in [-0.4, -0.2) is 48.4 Å². The fraction of sp³-hybridized carbons (Fsp3) is 0.923. The predicted molar refractivity (Wildman–Crippen MR) is 70.4 cm³/mol. The number of amides is 1. The molecule has 2 atom stereocenters. The zero-order valence-electron chi connectivity index (χ0n) is 11.9. The molecule has 0 saturated carbocycles. The standard InChI is InChI=1S/C13H26N2O3/c1-10(14)9-17-11-6-5-7-15(8-11)12(16)18-13(2,3)4/h10-11H,5-9,14H2,1-4H3. The molecule has 106 valence electrons. The molecule has 0 aromatic carbocycles. The number of piperidine rings is 1. The third-order valence-corrected chi connectivity index (χ3v) is 2.62. The van der Waals surface area contributed by atoms with Crippen molar-refractivity contribution in [3.05, 3.63) is 0 Å². The van der Waals surface area contributed by atoms with Gasteiger partial charge in [-0.2, -0.15) is 0 Å². The molecule has 5 heteroatoms. The average Bonchev–Trinajstić information content (AvgIpc) is 2.24. The van der Waals surface area contributed by atoms with Gasteiger partial charge in [-0.25, -0.2) is 4.79 Å². The minimum atomic E-state index is -0.448. The molecule has 1 heterocycles. The van der Waals surface area contributed by atoms with Gasteiger partial charge < -0.3 is 20.1 Å². The summed E-state index contributed by atoms with van der Waals surface area (Å²) in [4.78, 5) is 13.6. The third-order valence-electron chi connectivity index (χ3n) is 2.62. The summed E-state index contributed by atoms with van der Waals surface area (Å²) in [6, 6.07) is 0.0295. The highest BCUT2D eigenvalue weighted by atomic mass is 16.6. The number of carbonyl (C=O) groups excluding carboxylic acids is 1. The molecule has 1 saturated heterocycles. The van der Waals surface area contributed by atoms with Crippen LogP contribution in [0.15, 0.2) is 0 Å². The van der Waals surface area contributed by atoms with Gasteiger partial charge >= 0.3 is 6.09 Å². The lowest BCUT2D eigenvalue weighted by Gasteiger charge is -2.34. The molecule has 0 spiro atoms. The van der Waals surface area contributed by atoms with Crippen LogP contribution in [-0.2, 0) is 9.47 Å². The van der Waals surface area contributed by atoms with E-state index in [0.717, 1.165) is 19.4 Å². The van der Waals surface area contributed by atoms with E-state index in [1.54, 1.807) is 4.90 Å². The lowest BCUT2D eigenvalue weighted by Crippen LogP contribution is -2.46. The fourth-order valence-electron chi connectivity index (χ4n) is 1.85. The van der Waals surface area contributed by atoms with Crippen LogP contribution in [0.4, 0.5) is 4.79 Å². The number of ether oxygens (including phenoxy) is 2. The van der Waals surface area contributed by atoms with E-state index in [2.05, 4.69) is 0 Å². The van der Waals surface area contributed by atoms with Crippen molar-refractivity contribution in [2.45, 2.75) is 58.3 Å². The molecule has 2 unspecified atom stereocenters. The Labute approximate surface area is 110 Å². The molecule has 0 aromatic rings. The van der Waals surface area contributed by atoms with Crippen molar-refractivity contribution in [3.63, 3.8) is 0 Å². The van der Waals surface area contributed by atoms with Crippen molar-refractivity contribution < 1.29 is 14.3 Å².